The smallest absolute Gasteiger partial charge is 0.272 e. The fraction of sp³-hybridized carbons (Fsp3) is 0.105. The summed E-state index contributed by atoms with van der Waals surface area (Å²) in [5, 5.41) is 11.9. The lowest BCUT2D eigenvalue weighted by Gasteiger charge is -2.10. The molecule has 27 heavy (non-hydrogen) atoms. The molecule has 2 heterocycles. The Morgan fingerprint density at radius 1 is 1.19 bits per heavy atom. The number of nitrogens with zero attached hydrogens (tertiary/aromatic N) is 1. The van der Waals surface area contributed by atoms with E-state index in [1.165, 1.54) is 24.3 Å². The minimum absolute atomic E-state index is 0.110. The second-order valence-corrected chi connectivity index (χ2v) is 6.01. The number of para-hydroxylation sites is 1. The minimum Gasteiger partial charge on any atom is -0.487 e. The van der Waals surface area contributed by atoms with Gasteiger partial charge in [-0.15, -0.1) is 0 Å². The summed E-state index contributed by atoms with van der Waals surface area (Å²) in [5.41, 5.74) is 1.58. The fourth-order valence-corrected chi connectivity index (χ4v) is 2.81. The minimum atomic E-state index is -0.969. The molecule has 0 bridgehead atoms. The Morgan fingerprint density at radius 3 is 2.81 bits per heavy atom. The number of amides is 2. The van der Waals surface area contributed by atoms with Gasteiger partial charge in [0.1, 0.15) is 29.9 Å². The predicted molar refractivity (Wildman–Crippen MR) is 94.6 cm³/mol. The maximum absolute atomic E-state index is 13.5. The number of carbonyl (C=O) groups excluding carboxylic acids is 2. The average Bonchev–Trinajstić information content (AvgIpc) is 3.26. The lowest BCUT2D eigenvalue weighted by Crippen LogP contribution is -2.33. The van der Waals surface area contributed by atoms with Gasteiger partial charge >= 0.3 is 0 Å². The molecule has 2 amide bonds. The zero-order valence-electron chi connectivity index (χ0n) is 14.0. The third kappa shape index (κ3) is 3.50. The lowest BCUT2D eigenvalue weighted by molar-refractivity contribution is -0.117. The van der Waals surface area contributed by atoms with Crippen LogP contribution in [0.5, 0.6) is 5.75 Å². The first-order valence-corrected chi connectivity index (χ1v) is 8.23. The zero-order valence-corrected chi connectivity index (χ0v) is 14.0. The Kier molecular flexibility index (Phi) is 4.29. The van der Waals surface area contributed by atoms with Crippen molar-refractivity contribution in [2.75, 3.05) is 5.32 Å². The Bertz CT molecular complexity index is 1000. The van der Waals surface area contributed by atoms with Gasteiger partial charge in [0.25, 0.3) is 11.8 Å². The van der Waals surface area contributed by atoms with E-state index in [9.17, 15) is 14.0 Å². The van der Waals surface area contributed by atoms with E-state index >= 15 is 0 Å². The van der Waals surface area contributed by atoms with Gasteiger partial charge in [0.2, 0.25) is 0 Å². The second kappa shape index (κ2) is 6.91. The van der Waals surface area contributed by atoms with Gasteiger partial charge in [-0.05, 0) is 36.4 Å². The number of halogens is 1. The van der Waals surface area contributed by atoms with Gasteiger partial charge in [-0.3, -0.25) is 14.7 Å². The molecular formula is C19H15FN4O3. The molecular weight excluding hydrogens is 351 g/mol. The molecule has 8 heteroatoms. The Labute approximate surface area is 153 Å². The molecule has 1 aliphatic heterocycles. The molecule has 7 nitrogen and oxygen atoms in total. The highest BCUT2D eigenvalue weighted by Gasteiger charge is 2.32. The number of benzene rings is 2. The molecule has 0 spiro atoms. The van der Waals surface area contributed by atoms with Crippen molar-refractivity contribution in [3.05, 3.63) is 77.4 Å². The SMILES string of the molecule is O=C(N[C@H]1C(=O)Nc2ccc(F)cc21)c1cc(COc2ccccc2)[nH]n1. The lowest BCUT2D eigenvalue weighted by atomic mass is 10.1. The highest BCUT2D eigenvalue weighted by molar-refractivity contribution is 6.05. The zero-order chi connectivity index (χ0) is 18.8. The molecule has 2 aromatic carbocycles. The Morgan fingerprint density at radius 2 is 2.00 bits per heavy atom. The Hall–Kier alpha value is -3.68. The summed E-state index contributed by atoms with van der Waals surface area (Å²) in [4.78, 5) is 24.5. The third-order valence-corrected chi connectivity index (χ3v) is 4.12. The molecule has 1 aliphatic rings. The number of ether oxygens (including phenoxy) is 1. The Balaban J connectivity index is 1.43. The first-order valence-electron chi connectivity index (χ1n) is 8.23. The van der Waals surface area contributed by atoms with Crippen molar-refractivity contribution in [2.45, 2.75) is 12.6 Å². The quantitative estimate of drug-likeness (QED) is 0.647. The van der Waals surface area contributed by atoms with Gasteiger partial charge in [-0.25, -0.2) is 4.39 Å². The summed E-state index contributed by atoms with van der Waals surface area (Å²) in [6.45, 7) is 0.211. The van der Waals surface area contributed by atoms with E-state index in [1.54, 1.807) is 0 Å². The largest absolute Gasteiger partial charge is 0.487 e. The van der Waals surface area contributed by atoms with Crippen LogP contribution in [0.3, 0.4) is 0 Å². The van der Waals surface area contributed by atoms with Gasteiger partial charge in [-0.2, -0.15) is 5.10 Å². The van der Waals surface area contributed by atoms with Crippen molar-refractivity contribution in [3.63, 3.8) is 0 Å². The number of hydrogen-bond donors (Lipinski definition) is 3. The van der Waals surface area contributed by atoms with Crippen LogP contribution in [0.15, 0.2) is 54.6 Å². The van der Waals surface area contributed by atoms with E-state index in [2.05, 4.69) is 20.8 Å². The molecule has 3 N–H and O–H groups in total. The first kappa shape index (κ1) is 16.8. The standard InChI is InChI=1S/C19H15FN4O3/c20-11-6-7-15-14(8-11)17(19(26)21-15)22-18(25)16-9-12(23-24-16)10-27-13-4-2-1-3-5-13/h1-9,17H,10H2,(H,21,26)(H,22,25)(H,23,24)/t17-/m1/s1. The maximum atomic E-state index is 13.5. The summed E-state index contributed by atoms with van der Waals surface area (Å²) < 4.78 is 19.1. The van der Waals surface area contributed by atoms with E-state index < -0.39 is 23.7 Å². The summed E-state index contributed by atoms with van der Waals surface area (Å²) in [6.07, 6.45) is 0. The van der Waals surface area contributed by atoms with Crippen LogP contribution in [-0.4, -0.2) is 22.0 Å². The summed E-state index contributed by atoms with van der Waals surface area (Å²) in [6, 6.07) is 13.7. The van der Waals surface area contributed by atoms with Crippen molar-refractivity contribution >= 4 is 17.5 Å². The number of aromatic amines is 1. The van der Waals surface area contributed by atoms with Crippen molar-refractivity contribution in [1.82, 2.24) is 15.5 Å². The normalized spacial score (nSPS) is 15.1. The molecule has 0 unspecified atom stereocenters. The molecule has 1 aromatic heterocycles. The van der Waals surface area contributed by atoms with E-state index in [4.69, 9.17) is 4.74 Å². The number of carbonyl (C=O) groups is 2. The van der Waals surface area contributed by atoms with Crippen molar-refractivity contribution in [2.24, 2.45) is 0 Å². The number of rotatable bonds is 5. The van der Waals surface area contributed by atoms with E-state index in [0.717, 1.165) is 0 Å². The van der Waals surface area contributed by atoms with Crippen LogP contribution >= 0.6 is 0 Å². The van der Waals surface area contributed by atoms with Gasteiger partial charge in [0, 0.05) is 11.3 Å². The molecule has 136 valence electrons. The summed E-state index contributed by atoms with van der Waals surface area (Å²) in [5.74, 6) is -0.759. The molecule has 3 aromatic rings. The fourth-order valence-electron chi connectivity index (χ4n) is 2.81. The highest BCUT2D eigenvalue weighted by atomic mass is 19.1. The first-order chi connectivity index (χ1) is 13.1. The number of H-pyrrole nitrogens is 1. The van der Waals surface area contributed by atoms with Crippen LogP contribution in [0, 0.1) is 5.82 Å². The number of aromatic nitrogens is 2. The van der Waals surface area contributed by atoms with Gasteiger partial charge in [-0.1, -0.05) is 18.2 Å². The number of anilines is 1. The highest BCUT2D eigenvalue weighted by Crippen LogP contribution is 2.31. The molecule has 0 fully saturated rings. The van der Waals surface area contributed by atoms with Crippen LogP contribution in [0.2, 0.25) is 0 Å². The van der Waals surface area contributed by atoms with E-state index in [1.807, 2.05) is 30.3 Å². The van der Waals surface area contributed by atoms with Gasteiger partial charge in [0.15, 0.2) is 0 Å². The monoisotopic (exact) mass is 366 g/mol. The number of nitrogens with one attached hydrogen (secondary N) is 3. The molecule has 0 saturated carbocycles. The molecule has 0 aliphatic carbocycles. The van der Waals surface area contributed by atoms with Crippen LogP contribution in [0.4, 0.5) is 10.1 Å². The summed E-state index contributed by atoms with van der Waals surface area (Å²) >= 11 is 0. The van der Waals surface area contributed by atoms with E-state index in [0.29, 0.717) is 22.7 Å². The predicted octanol–water partition coefficient (Wildman–Crippen LogP) is 2.55. The van der Waals surface area contributed by atoms with Crippen molar-refractivity contribution in [3.8, 4) is 5.75 Å². The van der Waals surface area contributed by atoms with Crippen molar-refractivity contribution < 1.29 is 18.7 Å². The van der Waals surface area contributed by atoms with Crippen molar-refractivity contribution in [1.29, 1.82) is 0 Å². The van der Waals surface area contributed by atoms with Gasteiger partial charge < -0.3 is 15.4 Å². The van der Waals surface area contributed by atoms with E-state index in [-0.39, 0.29) is 12.3 Å². The number of hydrogen-bond acceptors (Lipinski definition) is 4. The summed E-state index contributed by atoms with van der Waals surface area (Å²) in [7, 11) is 0. The van der Waals surface area contributed by atoms with Crippen LogP contribution < -0.4 is 15.4 Å². The topological polar surface area (TPSA) is 96.1 Å². The van der Waals surface area contributed by atoms with Crippen LogP contribution in [0.25, 0.3) is 0 Å². The van der Waals surface area contributed by atoms with Crippen LogP contribution in [0.1, 0.15) is 27.8 Å². The third-order valence-electron chi connectivity index (χ3n) is 4.12. The van der Waals surface area contributed by atoms with Gasteiger partial charge in [0.05, 0.1) is 5.69 Å². The molecule has 1 atom stereocenters. The van der Waals surface area contributed by atoms with Crippen LogP contribution in [-0.2, 0) is 11.4 Å². The molecule has 0 saturated heterocycles. The number of fused-ring (bicyclic) bond motifs is 1. The second-order valence-electron chi connectivity index (χ2n) is 6.01. The maximum Gasteiger partial charge on any atom is 0.272 e. The average molecular weight is 366 g/mol. The molecule has 0 radical (unpaired) electrons. The molecule has 4 rings (SSSR count).